The standard InChI is InChI=1S/3C20H25Cl2O6P.C10H23O6P.C5H13O5P/c1-15(26-14-18-5-9-20(22)10-6-18)12-27-29(23,24)28-16(2)11-25-13-17-3-7-19(21)8-4-17;1-15(25-13-17-3-7-19(21)8-4-17)11-27-29(23,24)28-12-16(2)26-14-18-5-9-20(22)10-6-18;1-15(11-25-13-17-3-7-19(21)8-4-17)27-29(23,24)28-16(2)12-26-14-18-5-9-20(22)10-6-18;1-9(13-3)5-7-15-17(11,12)16-8-6-10(2)14-4;1-5(9-2)3-4-10-11(6,7)8/h3*3-10,15-16H,11-14H2,1-2H3,(H,23,24);9-10H,5-8H2,1-4H3,(H,11,12);5H,3-4H2,1-2H3,(H2,6,7,8). The van der Waals surface area contributed by atoms with Gasteiger partial charge in [0.15, 0.2) is 0 Å². The summed E-state index contributed by atoms with van der Waals surface area (Å²) >= 11 is 35.0. The van der Waals surface area contributed by atoms with Crippen LogP contribution in [0, 0.1) is 0 Å². The lowest BCUT2D eigenvalue weighted by Gasteiger charge is -2.21. The number of rotatable bonds is 51. The Kier molecular flexibility index (Phi) is 56.4. The van der Waals surface area contributed by atoms with Crippen LogP contribution in [0.5, 0.6) is 0 Å². The van der Waals surface area contributed by atoms with Crippen LogP contribution in [0.15, 0.2) is 146 Å². The quantitative estimate of drug-likeness (QED) is 0.0193. The molecule has 0 spiro atoms. The van der Waals surface area contributed by atoms with Crippen molar-refractivity contribution < 1.29 is 136 Å². The molecule has 6 N–H and O–H groups in total. The highest BCUT2D eigenvalue weighted by atomic mass is 35.5. The number of halogens is 6. The van der Waals surface area contributed by atoms with Crippen molar-refractivity contribution in [3.63, 3.8) is 0 Å². The maximum absolute atomic E-state index is 12.1. The number of methoxy groups -OCH3 is 3. The molecule has 29 nitrogen and oxygen atoms in total. The molecule has 0 heterocycles. The van der Waals surface area contributed by atoms with Crippen LogP contribution in [-0.4, -0.2) is 165 Å². The Morgan fingerprint density at radius 1 is 0.261 bits per heavy atom. The summed E-state index contributed by atoms with van der Waals surface area (Å²) in [5.74, 6) is 0. The zero-order chi connectivity index (χ0) is 86.1. The predicted molar refractivity (Wildman–Crippen MR) is 442 cm³/mol. The van der Waals surface area contributed by atoms with Gasteiger partial charge in [-0.05, 0) is 188 Å². The third-order valence-corrected chi connectivity index (χ3v) is 21.2. The molecule has 0 saturated heterocycles. The van der Waals surface area contributed by atoms with Crippen LogP contribution in [0.4, 0.5) is 0 Å². The Bertz CT molecular complexity index is 3630. The summed E-state index contributed by atoms with van der Waals surface area (Å²) in [5.41, 5.74) is 5.65. The number of phosphoric ester groups is 5. The van der Waals surface area contributed by atoms with E-state index in [1.807, 2.05) is 86.6 Å². The number of ether oxygens (including phenoxy) is 9. The van der Waals surface area contributed by atoms with Crippen LogP contribution in [0.1, 0.15) is 115 Å². The summed E-state index contributed by atoms with van der Waals surface area (Å²) < 4.78 is 150. The summed E-state index contributed by atoms with van der Waals surface area (Å²) in [6, 6.07) is 43.4. The second kappa shape index (κ2) is 59.9. The van der Waals surface area contributed by atoms with E-state index in [9.17, 15) is 42.4 Å². The Labute approximate surface area is 705 Å². The Morgan fingerprint density at radius 2 is 0.470 bits per heavy atom. The van der Waals surface area contributed by atoms with Gasteiger partial charge in [0.25, 0.3) is 0 Å². The highest BCUT2D eigenvalue weighted by Crippen LogP contribution is 2.47. The SMILES string of the molecule is CC(COCc1ccc(Cl)cc1)OP(=O)(O)OC(C)COCc1ccc(Cl)cc1.CC(COP(=O)(O)OC(C)COCc1ccc(Cl)cc1)OCc1ccc(Cl)cc1.CC(COP(=O)(O)OCC(C)OCc1ccc(Cl)cc1)OCc1ccc(Cl)cc1.COC(C)CCOP(=O)(O)O.COC(C)CCOP(=O)(O)OCCC(C)OC. The van der Waals surface area contributed by atoms with E-state index in [-0.39, 0.29) is 77.8 Å². The molecule has 0 aliphatic heterocycles. The molecule has 0 bridgehead atoms. The fourth-order valence-electron chi connectivity index (χ4n) is 8.23. The summed E-state index contributed by atoms with van der Waals surface area (Å²) in [6.45, 7) is 18.1. The van der Waals surface area contributed by atoms with Crippen molar-refractivity contribution in [3.05, 3.63) is 209 Å². The summed E-state index contributed by atoms with van der Waals surface area (Å²) in [5, 5.41) is 3.89. The van der Waals surface area contributed by atoms with Crippen molar-refractivity contribution in [1.29, 1.82) is 0 Å². The lowest BCUT2D eigenvalue weighted by atomic mass is 10.2. The predicted octanol–water partition coefficient (Wildman–Crippen LogP) is 19.4. The molecule has 115 heavy (non-hydrogen) atoms. The first kappa shape index (κ1) is 108. The normalized spacial score (nSPS) is 16.0. The molecule has 6 aromatic rings. The molecule has 10 atom stereocenters. The van der Waals surface area contributed by atoms with Gasteiger partial charge in [0.05, 0.1) is 154 Å². The Balaban J connectivity index is 0.000000505. The maximum atomic E-state index is 12.1. The highest BCUT2D eigenvalue weighted by molar-refractivity contribution is 7.48. The Morgan fingerprint density at radius 3 is 0.704 bits per heavy atom. The van der Waals surface area contributed by atoms with Gasteiger partial charge in [-0.1, -0.05) is 142 Å². The van der Waals surface area contributed by atoms with E-state index in [0.29, 0.717) is 89.0 Å². The van der Waals surface area contributed by atoms with Gasteiger partial charge in [-0.2, -0.15) is 0 Å². The van der Waals surface area contributed by atoms with E-state index in [1.54, 1.807) is 135 Å². The smallest absolute Gasteiger partial charge is 0.382 e. The lowest BCUT2D eigenvalue weighted by Crippen LogP contribution is -2.19. The number of hydrogen-bond donors (Lipinski definition) is 6. The van der Waals surface area contributed by atoms with Crippen molar-refractivity contribution in [1.82, 2.24) is 0 Å². The first-order valence-corrected chi connectivity index (χ1v) is 45.8. The largest absolute Gasteiger partial charge is 0.472 e. The van der Waals surface area contributed by atoms with Crippen molar-refractivity contribution in [3.8, 4) is 0 Å². The van der Waals surface area contributed by atoms with Gasteiger partial charge >= 0.3 is 39.1 Å². The van der Waals surface area contributed by atoms with E-state index in [2.05, 4.69) is 4.52 Å². The molecule has 0 aliphatic carbocycles. The number of benzene rings is 6. The van der Waals surface area contributed by atoms with Gasteiger partial charge in [-0.3, -0.25) is 40.7 Å². The molecule has 652 valence electrons. The summed E-state index contributed by atoms with van der Waals surface area (Å²) in [6.07, 6.45) is -1.56. The lowest BCUT2D eigenvalue weighted by molar-refractivity contribution is -0.00690. The van der Waals surface area contributed by atoms with E-state index in [4.69, 9.17) is 158 Å². The van der Waals surface area contributed by atoms with E-state index in [0.717, 1.165) is 33.4 Å². The molecule has 40 heteroatoms. The molecule has 10 unspecified atom stereocenters. The first-order valence-electron chi connectivity index (χ1n) is 36.0. The highest BCUT2D eigenvalue weighted by Gasteiger charge is 2.29. The van der Waals surface area contributed by atoms with Crippen LogP contribution in [-0.2, 0) is 146 Å². The van der Waals surface area contributed by atoms with Gasteiger partial charge in [0, 0.05) is 51.5 Å². The molecular formula is C75H111Cl6O29P5. The maximum Gasteiger partial charge on any atom is 0.472 e. The van der Waals surface area contributed by atoms with Crippen LogP contribution >= 0.6 is 109 Å². The number of phosphoric acid groups is 5. The summed E-state index contributed by atoms with van der Waals surface area (Å²) in [7, 11) is -16.2. The van der Waals surface area contributed by atoms with Crippen LogP contribution in [0.2, 0.25) is 30.1 Å². The minimum absolute atomic E-state index is 0.0106. The van der Waals surface area contributed by atoms with E-state index >= 15 is 0 Å². The van der Waals surface area contributed by atoms with Gasteiger partial charge < -0.3 is 72.0 Å². The van der Waals surface area contributed by atoms with Gasteiger partial charge in [0.1, 0.15) is 0 Å². The zero-order valence-corrected chi connectivity index (χ0v) is 75.4. The third-order valence-electron chi connectivity index (χ3n) is 14.9. The molecule has 0 amide bonds. The van der Waals surface area contributed by atoms with Crippen LogP contribution < -0.4 is 0 Å². The average molecular weight is 1840 g/mol. The van der Waals surface area contributed by atoms with Gasteiger partial charge in [-0.15, -0.1) is 0 Å². The molecule has 0 aromatic heterocycles. The molecule has 6 aromatic carbocycles. The minimum atomic E-state index is -4.29. The van der Waals surface area contributed by atoms with Crippen LogP contribution in [0.25, 0.3) is 0 Å². The molecule has 6 rings (SSSR count). The van der Waals surface area contributed by atoms with Crippen molar-refractivity contribution >= 4 is 109 Å². The monoisotopic (exact) mass is 1840 g/mol. The van der Waals surface area contributed by atoms with E-state index < -0.39 is 75.7 Å². The molecule has 0 fully saturated rings. The van der Waals surface area contributed by atoms with E-state index in [1.165, 1.54) is 7.11 Å². The average Bonchev–Trinajstić information content (AvgIpc) is 0.890. The van der Waals surface area contributed by atoms with Crippen molar-refractivity contribution in [2.24, 2.45) is 0 Å². The summed E-state index contributed by atoms with van der Waals surface area (Å²) in [4.78, 5) is 55.4. The zero-order valence-electron chi connectivity index (χ0n) is 66.4. The Hall–Kier alpha value is -2.75. The fourth-order valence-corrected chi connectivity index (χ4v) is 13.0. The molecule has 0 aliphatic rings. The van der Waals surface area contributed by atoms with Gasteiger partial charge in [0.2, 0.25) is 0 Å². The second-order valence-corrected chi connectivity index (χ2v) is 35.2. The topological polar surface area (TPSA) is 373 Å². The molecule has 0 saturated carbocycles. The molecular weight excluding hydrogens is 1730 g/mol. The third kappa shape index (κ3) is 58.8. The van der Waals surface area contributed by atoms with Gasteiger partial charge in [-0.25, -0.2) is 22.8 Å². The first-order chi connectivity index (χ1) is 54.1. The fraction of sp³-hybridized carbons (Fsp3) is 0.520. The van der Waals surface area contributed by atoms with Crippen molar-refractivity contribution in [2.45, 2.75) is 176 Å². The van der Waals surface area contributed by atoms with Crippen LogP contribution in [0.3, 0.4) is 0 Å². The van der Waals surface area contributed by atoms with Crippen molar-refractivity contribution in [2.75, 3.05) is 80.8 Å². The second-order valence-electron chi connectivity index (χ2n) is 25.7. The molecule has 0 radical (unpaired) electrons. The number of hydrogen-bond acceptors (Lipinski definition) is 23. The minimum Gasteiger partial charge on any atom is -0.382 e.